The molecule has 1 aromatic carbocycles. The largest absolute Gasteiger partial charge is 0.491 e. The van der Waals surface area contributed by atoms with Gasteiger partial charge in [0.1, 0.15) is 11.4 Å². The first kappa shape index (κ1) is 14.9. The Morgan fingerprint density at radius 3 is 2.43 bits per heavy atom. The van der Waals surface area contributed by atoms with E-state index < -0.39 is 5.60 Å². The predicted molar refractivity (Wildman–Crippen MR) is 85.3 cm³/mol. The predicted octanol–water partition coefficient (Wildman–Crippen LogP) is 4.51. The van der Waals surface area contributed by atoms with Crippen LogP contribution in [0.4, 0.5) is 0 Å². The maximum Gasteiger partial charge on any atom is 0.125 e. The fraction of sp³-hybridized carbons (Fsp3) is 0.684. The first-order valence-corrected chi connectivity index (χ1v) is 8.21. The zero-order valence-corrected chi connectivity index (χ0v) is 13.9. The average molecular weight is 288 g/mol. The van der Waals surface area contributed by atoms with Gasteiger partial charge in [0.15, 0.2) is 0 Å². The second kappa shape index (κ2) is 4.49. The van der Waals surface area contributed by atoms with Gasteiger partial charge in [0.2, 0.25) is 0 Å². The summed E-state index contributed by atoms with van der Waals surface area (Å²) in [5.74, 6) is 1.44. The molecule has 2 bridgehead atoms. The van der Waals surface area contributed by atoms with Gasteiger partial charge >= 0.3 is 0 Å². The van der Waals surface area contributed by atoms with Crippen molar-refractivity contribution >= 4 is 0 Å². The molecule has 3 rings (SSSR count). The van der Waals surface area contributed by atoms with Crippen LogP contribution in [-0.2, 0) is 5.60 Å². The van der Waals surface area contributed by atoms with Gasteiger partial charge in [-0.25, -0.2) is 0 Å². The number of aliphatic hydroxyl groups is 1. The van der Waals surface area contributed by atoms with Crippen LogP contribution in [0.2, 0.25) is 0 Å². The van der Waals surface area contributed by atoms with Crippen LogP contribution >= 0.6 is 0 Å². The van der Waals surface area contributed by atoms with Crippen LogP contribution in [0, 0.1) is 16.7 Å². The summed E-state index contributed by atoms with van der Waals surface area (Å²) in [6, 6.07) is 8.07. The van der Waals surface area contributed by atoms with E-state index >= 15 is 0 Å². The summed E-state index contributed by atoms with van der Waals surface area (Å²) in [7, 11) is 0. The summed E-state index contributed by atoms with van der Waals surface area (Å²) in [6.07, 6.45) is 3.57. The van der Waals surface area contributed by atoms with Gasteiger partial charge in [-0.3, -0.25) is 0 Å². The molecule has 2 aliphatic carbocycles. The maximum absolute atomic E-state index is 11.9. The summed E-state index contributed by atoms with van der Waals surface area (Å²) in [4.78, 5) is 0. The van der Waals surface area contributed by atoms with Gasteiger partial charge in [0, 0.05) is 16.4 Å². The molecule has 0 aromatic heterocycles. The molecule has 3 atom stereocenters. The van der Waals surface area contributed by atoms with Crippen LogP contribution in [0.5, 0.6) is 5.75 Å². The van der Waals surface area contributed by atoms with Crippen molar-refractivity contribution < 1.29 is 9.84 Å². The fourth-order valence-electron chi connectivity index (χ4n) is 5.05. The van der Waals surface area contributed by atoms with Crippen LogP contribution in [-0.4, -0.2) is 11.2 Å². The van der Waals surface area contributed by atoms with E-state index in [1.165, 1.54) is 6.42 Å². The molecule has 0 amide bonds. The molecule has 2 nitrogen and oxygen atoms in total. The quantitative estimate of drug-likeness (QED) is 0.887. The van der Waals surface area contributed by atoms with Gasteiger partial charge in [0.05, 0.1) is 6.10 Å². The smallest absolute Gasteiger partial charge is 0.125 e. The second-order valence-electron chi connectivity index (χ2n) is 8.10. The van der Waals surface area contributed by atoms with Crippen molar-refractivity contribution in [3.63, 3.8) is 0 Å². The minimum atomic E-state index is -0.811. The SMILES string of the molecule is CC(C)Oc1ccccc1C1(O)C2(C)CCC(C2)C1(C)C. The minimum absolute atomic E-state index is 0.0440. The number of hydrogen-bond acceptors (Lipinski definition) is 2. The highest BCUT2D eigenvalue weighted by Gasteiger charge is 2.69. The molecule has 3 unspecified atom stereocenters. The Hall–Kier alpha value is -1.02. The van der Waals surface area contributed by atoms with Gasteiger partial charge in [-0.05, 0) is 45.1 Å². The Morgan fingerprint density at radius 2 is 1.86 bits per heavy atom. The third-order valence-electron chi connectivity index (χ3n) is 6.21. The Morgan fingerprint density at radius 1 is 1.19 bits per heavy atom. The molecular formula is C19H28O2. The normalized spacial score (nSPS) is 37.2. The Bertz CT molecular complexity index is 541. The molecule has 0 heterocycles. The number of para-hydroxylation sites is 1. The number of rotatable bonds is 3. The molecule has 2 heteroatoms. The summed E-state index contributed by atoms with van der Waals surface area (Å²) in [5, 5.41) is 11.9. The van der Waals surface area contributed by atoms with Gasteiger partial charge in [-0.15, -0.1) is 0 Å². The molecule has 0 spiro atoms. The lowest BCUT2D eigenvalue weighted by molar-refractivity contribution is -0.152. The molecule has 2 saturated carbocycles. The van der Waals surface area contributed by atoms with Gasteiger partial charge in [-0.2, -0.15) is 0 Å². The molecule has 2 aliphatic rings. The lowest BCUT2D eigenvalue weighted by atomic mass is 9.57. The van der Waals surface area contributed by atoms with E-state index in [0.717, 1.165) is 24.2 Å². The first-order chi connectivity index (χ1) is 9.72. The molecule has 2 fully saturated rings. The number of benzene rings is 1. The molecule has 116 valence electrons. The first-order valence-electron chi connectivity index (χ1n) is 8.21. The van der Waals surface area contributed by atoms with Crippen LogP contribution < -0.4 is 4.74 Å². The number of hydrogen-bond donors (Lipinski definition) is 1. The fourth-order valence-corrected chi connectivity index (χ4v) is 5.05. The summed E-state index contributed by atoms with van der Waals surface area (Å²) >= 11 is 0. The Labute approximate surface area is 128 Å². The molecular weight excluding hydrogens is 260 g/mol. The Kier molecular flexibility index (Phi) is 3.18. The van der Waals surface area contributed by atoms with E-state index in [9.17, 15) is 5.11 Å². The van der Waals surface area contributed by atoms with E-state index in [1.54, 1.807) is 0 Å². The van der Waals surface area contributed by atoms with Crippen molar-refractivity contribution in [3.8, 4) is 5.75 Å². The van der Waals surface area contributed by atoms with E-state index in [0.29, 0.717) is 5.92 Å². The zero-order chi connectivity index (χ0) is 15.5. The lowest BCUT2D eigenvalue weighted by Crippen LogP contribution is -2.51. The van der Waals surface area contributed by atoms with Crippen molar-refractivity contribution in [3.05, 3.63) is 29.8 Å². The average Bonchev–Trinajstić information content (AvgIpc) is 2.87. The van der Waals surface area contributed by atoms with E-state index in [1.807, 2.05) is 32.0 Å². The second-order valence-corrected chi connectivity index (χ2v) is 8.10. The number of fused-ring (bicyclic) bond motifs is 2. The van der Waals surface area contributed by atoms with E-state index in [4.69, 9.17) is 4.74 Å². The van der Waals surface area contributed by atoms with Crippen LogP contribution in [0.25, 0.3) is 0 Å². The third kappa shape index (κ3) is 1.81. The van der Waals surface area contributed by atoms with Gasteiger partial charge in [-0.1, -0.05) is 39.0 Å². The summed E-state index contributed by atoms with van der Waals surface area (Å²) in [6.45, 7) is 10.8. The van der Waals surface area contributed by atoms with Crippen LogP contribution in [0.1, 0.15) is 59.4 Å². The minimum Gasteiger partial charge on any atom is -0.491 e. The topological polar surface area (TPSA) is 29.5 Å². The molecule has 0 radical (unpaired) electrons. The van der Waals surface area contributed by atoms with Crippen molar-refractivity contribution in [2.45, 2.75) is 65.6 Å². The number of ether oxygens (including phenoxy) is 1. The van der Waals surface area contributed by atoms with Crippen molar-refractivity contribution in [1.29, 1.82) is 0 Å². The molecule has 1 aromatic rings. The molecule has 1 N–H and O–H groups in total. The Balaban J connectivity index is 2.15. The van der Waals surface area contributed by atoms with E-state index in [2.05, 4.69) is 26.8 Å². The van der Waals surface area contributed by atoms with Gasteiger partial charge in [0.25, 0.3) is 0 Å². The monoisotopic (exact) mass is 288 g/mol. The van der Waals surface area contributed by atoms with Crippen molar-refractivity contribution in [2.75, 3.05) is 0 Å². The zero-order valence-electron chi connectivity index (χ0n) is 13.9. The highest BCUT2D eigenvalue weighted by molar-refractivity contribution is 5.43. The third-order valence-corrected chi connectivity index (χ3v) is 6.21. The van der Waals surface area contributed by atoms with Crippen LogP contribution in [0.3, 0.4) is 0 Å². The lowest BCUT2D eigenvalue weighted by Gasteiger charge is -2.51. The molecule has 21 heavy (non-hydrogen) atoms. The standard InChI is InChI=1S/C19H28O2/c1-13(2)21-16-9-7-6-8-15(16)19(20)17(3,4)14-10-11-18(19,5)12-14/h6-9,13-14,20H,10-12H2,1-5H3. The summed E-state index contributed by atoms with van der Waals surface area (Å²) in [5.41, 5.74) is 0.0102. The maximum atomic E-state index is 11.9. The van der Waals surface area contributed by atoms with Crippen LogP contribution in [0.15, 0.2) is 24.3 Å². The summed E-state index contributed by atoms with van der Waals surface area (Å²) < 4.78 is 6.01. The molecule has 0 aliphatic heterocycles. The highest BCUT2D eigenvalue weighted by atomic mass is 16.5. The van der Waals surface area contributed by atoms with Crippen molar-refractivity contribution in [1.82, 2.24) is 0 Å². The van der Waals surface area contributed by atoms with E-state index in [-0.39, 0.29) is 16.9 Å². The highest BCUT2D eigenvalue weighted by Crippen LogP contribution is 2.72. The van der Waals surface area contributed by atoms with Gasteiger partial charge < -0.3 is 9.84 Å². The molecule has 0 saturated heterocycles. The van der Waals surface area contributed by atoms with Crippen molar-refractivity contribution in [2.24, 2.45) is 16.7 Å².